The van der Waals surface area contributed by atoms with Gasteiger partial charge in [-0.1, -0.05) is 19.6 Å². The molecule has 1 heterocycles. The average Bonchev–Trinajstić information content (AvgIpc) is 2.90. The molecule has 17 heavy (non-hydrogen) atoms. The molecule has 0 bridgehead atoms. The molecule has 90 valence electrons. The molecule has 0 aromatic carbocycles. The molecule has 5 heteroatoms. The highest BCUT2D eigenvalue weighted by atomic mass is 32.1. The highest BCUT2D eigenvalue weighted by molar-refractivity contribution is 7.17. The van der Waals surface area contributed by atoms with Gasteiger partial charge in [-0.15, -0.1) is 11.3 Å². The van der Waals surface area contributed by atoms with Gasteiger partial charge in [0.2, 0.25) is 5.91 Å². The number of carbonyl (C=O) groups is 2. The third-order valence-corrected chi connectivity index (χ3v) is 4.04. The van der Waals surface area contributed by atoms with Crippen molar-refractivity contribution in [3.05, 3.63) is 23.1 Å². The van der Waals surface area contributed by atoms with Crippen molar-refractivity contribution in [2.24, 2.45) is 11.1 Å². The van der Waals surface area contributed by atoms with Gasteiger partial charge < -0.3 is 11.1 Å². The Kier molecular flexibility index (Phi) is 2.79. The fraction of sp³-hybridized carbons (Fsp3) is 0.333. The number of primary amides is 1. The Hall–Kier alpha value is -1.62. The first kappa shape index (κ1) is 11.9. The normalized spacial score (nSPS) is 16.3. The summed E-state index contributed by atoms with van der Waals surface area (Å²) in [6, 6.07) is 1.64. The van der Waals surface area contributed by atoms with E-state index in [0.717, 1.165) is 17.7 Å². The van der Waals surface area contributed by atoms with E-state index in [1.807, 2.05) is 6.92 Å². The van der Waals surface area contributed by atoms with Crippen molar-refractivity contribution in [3.63, 3.8) is 0 Å². The zero-order valence-electron chi connectivity index (χ0n) is 9.58. The molecule has 1 aliphatic rings. The summed E-state index contributed by atoms with van der Waals surface area (Å²) in [6.45, 7) is 5.54. The van der Waals surface area contributed by atoms with E-state index in [-0.39, 0.29) is 11.3 Å². The van der Waals surface area contributed by atoms with Crippen LogP contribution in [0.15, 0.2) is 12.6 Å². The lowest BCUT2D eigenvalue weighted by Gasteiger charge is -2.08. The van der Waals surface area contributed by atoms with Crippen molar-refractivity contribution < 1.29 is 9.59 Å². The van der Waals surface area contributed by atoms with E-state index < -0.39 is 5.91 Å². The van der Waals surface area contributed by atoms with Crippen molar-refractivity contribution >= 4 is 34.2 Å². The summed E-state index contributed by atoms with van der Waals surface area (Å²) in [7, 11) is 0. The Balaban J connectivity index is 2.25. The van der Waals surface area contributed by atoms with Gasteiger partial charge in [-0.2, -0.15) is 0 Å². The second-order valence-electron chi connectivity index (χ2n) is 4.47. The molecular weight excluding hydrogens is 236 g/mol. The van der Waals surface area contributed by atoms with Gasteiger partial charge in [-0.3, -0.25) is 9.59 Å². The van der Waals surface area contributed by atoms with Gasteiger partial charge in [0.1, 0.15) is 5.00 Å². The molecule has 0 radical (unpaired) electrons. The van der Waals surface area contributed by atoms with Crippen LogP contribution in [0.5, 0.6) is 0 Å². The van der Waals surface area contributed by atoms with Crippen LogP contribution < -0.4 is 11.1 Å². The molecule has 3 N–H and O–H groups in total. The van der Waals surface area contributed by atoms with Gasteiger partial charge in [-0.05, 0) is 18.9 Å². The number of nitrogens with two attached hydrogens (primary N) is 1. The molecule has 4 nitrogen and oxygen atoms in total. The number of thiophene rings is 1. The minimum Gasteiger partial charge on any atom is -0.366 e. The van der Waals surface area contributed by atoms with Crippen LogP contribution in [-0.4, -0.2) is 11.8 Å². The second-order valence-corrected chi connectivity index (χ2v) is 5.56. The van der Waals surface area contributed by atoms with Gasteiger partial charge in [0, 0.05) is 10.3 Å². The molecular formula is C12H14N2O2S. The predicted molar refractivity (Wildman–Crippen MR) is 68.9 cm³/mol. The van der Waals surface area contributed by atoms with Crippen LogP contribution in [0.25, 0.3) is 6.08 Å². The number of amides is 2. The lowest BCUT2D eigenvalue weighted by Crippen LogP contribution is -2.22. The summed E-state index contributed by atoms with van der Waals surface area (Å²) in [5.41, 5.74) is 5.34. The topological polar surface area (TPSA) is 72.2 Å². The van der Waals surface area contributed by atoms with E-state index in [4.69, 9.17) is 5.73 Å². The molecule has 0 spiro atoms. The molecule has 0 unspecified atom stereocenters. The Labute approximate surface area is 104 Å². The highest BCUT2D eigenvalue weighted by Crippen LogP contribution is 2.46. The lowest BCUT2D eigenvalue weighted by molar-refractivity contribution is -0.120. The number of anilines is 1. The van der Waals surface area contributed by atoms with Gasteiger partial charge in [0.15, 0.2) is 0 Å². The summed E-state index contributed by atoms with van der Waals surface area (Å²) in [5.74, 6) is -0.580. The first-order chi connectivity index (χ1) is 7.96. The van der Waals surface area contributed by atoms with Crippen molar-refractivity contribution in [1.82, 2.24) is 0 Å². The predicted octanol–water partition coefficient (Wildman–Crippen LogP) is 2.23. The zero-order chi connectivity index (χ0) is 12.6. The Morgan fingerprint density at radius 3 is 2.71 bits per heavy atom. The third kappa shape index (κ3) is 2.24. The minimum atomic E-state index is -0.536. The zero-order valence-corrected chi connectivity index (χ0v) is 10.4. The number of rotatable bonds is 4. The van der Waals surface area contributed by atoms with Crippen LogP contribution in [-0.2, 0) is 4.79 Å². The molecule has 2 amide bonds. The van der Waals surface area contributed by atoms with Gasteiger partial charge in [-0.25, -0.2) is 0 Å². The van der Waals surface area contributed by atoms with Crippen LogP contribution >= 0.6 is 11.3 Å². The van der Waals surface area contributed by atoms with E-state index in [1.165, 1.54) is 11.3 Å². The lowest BCUT2D eigenvalue weighted by atomic mass is 10.1. The number of hydrogen-bond acceptors (Lipinski definition) is 3. The molecule has 0 aliphatic heterocycles. The summed E-state index contributed by atoms with van der Waals surface area (Å²) in [5, 5.41) is 3.30. The van der Waals surface area contributed by atoms with Crippen LogP contribution in [0, 0.1) is 5.41 Å². The maximum Gasteiger partial charge on any atom is 0.251 e. The monoisotopic (exact) mass is 250 g/mol. The fourth-order valence-electron chi connectivity index (χ4n) is 1.46. The van der Waals surface area contributed by atoms with Gasteiger partial charge in [0.25, 0.3) is 5.91 Å². The van der Waals surface area contributed by atoms with Crippen LogP contribution in [0.1, 0.15) is 35.0 Å². The number of hydrogen-bond donors (Lipinski definition) is 2. The summed E-state index contributed by atoms with van der Waals surface area (Å²) < 4.78 is 0. The van der Waals surface area contributed by atoms with Gasteiger partial charge in [0.05, 0.1) is 5.56 Å². The van der Waals surface area contributed by atoms with Crippen LogP contribution in [0.4, 0.5) is 5.00 Å². The number of nitrogens with one attached hydrogen (secondary N) is 1. The maximum absolute atomic E-state index is 11.9. The average molecular weight is 250 g/mol. The minimum absolute atomic E-state index is 0.0440. The van der Waals surface area contributed by atoms with Crippen LogP contribution in [0.2, 0.25) is 0 Å². The SMILES string of the molecule is C=Cc1cc(C(N)=O)c(NC(=O)C2(C)CC2)s1. The second kappa shape index (κ2) is 4.00. The van der Waals surface area contributed by atoms with Crippen molar-refractivity contribution in [3.8, 4) is 0 Å². The molecule has 1 aromatic heterocycles. The smallest absolute Gasteiger partial charge is 0.251 e. The third-order valence-electron chi connectivity index (χ3n) is 2.99. The summed E-state index contributed by atoms with van der Waals surface area (Å²) >= 11 is 1.31. The van der Waals surface area contributed by atoms with E-state index in [9.17, 15) is 9.59 Å². The molecule has 1 fully saturated rings. The first-order valence-electron chi connectivity index (χ1n) is 5.34. The summed E-state index contributed by atoms with van der Waals surface area (Å²) in [4.78, 5) is 23.9. The largest absolute Gasteiger partial charge is 0.366 e. The highest BCUT2D eigenvalue weighted by Gasteiger charge is 2.45. The van der Waals surface area contributed by atoms with Crippen molar-refractivity contribution in [1.29, 1.82) is 0 Å². The van der Waals surface area contributed by atoms with Crippen molar-refractivity contribution in [2.75, 3.05) is 5.32 Å². The maximum atomic E-state index is 11.9. The number of carbonyl (C=O) groups excluding carboxylic acids is 2. The Morgan fingerprint density at radius 1 is 1.59 bits per heavy atom. The molecule has 1 saturated carbocycles. The van der Waals surface area contributed by atoms with E-state index in [2.05, 4.69) is 11.9 Å². The van der Waals surface area contributed by atoms with Crippen LogP contribution in [0.3, 0.4) is 0 Å². The Morgan fingerprint density at radius 2 is 2.24 bits per heavy atom. The molecule has 0 atom stereocenters. The van der Waals surface area contributed by atoms with Crippen molar-refractivity contribution in [2.45, 2.75) is 19.8 Å². The molecule has 0 saturated heterocycles. The molecule has 2 rings (SSSR count). The van der Waals surface area contributed by atoms with Gasteiger partial charge >= 0.3 is 0 Å². The van der Waals surface area contributed by atoms with E-state index >= 15 is 0 Å². The quantitative estimate of drug-likeness (QED) is 0.860. The Bertz CT molecular complexity index is 501. The first-order valence-corrected chi connectivity index (χ1v) is 6.15. The van der Waals surface area contributed by atoms with E-state index in [0.29, 0.717) is 10.6 Å². The fourth-order valence-corrected chi connectivity index (χ4v) is 2.36. The summed E-state index contributed by atoms with van der Waals surface area (Å²) in [6.07, 6.45) is 3.42. The molecule has 1 aliphatic carbocycles. The van der Waals surface area contributed by atoms with E-state index in [1.54, 1.807) is 12.1 Å². The molecule has 1 aromatic rings. The standard InChI is InChI=1S/C12H14N2O2S/c1-3-7-6-8(9(13)15)10(17-7)14-11(16)12(2)4-5-12/h3,6H,1,4-5H2,2H3,(H2,13,15)(H,14,16).